The van der Waals surface area contributed by atoms with Crippen LogP contribution in [-0.2, 0) is 9.53 Å². The minimum absolute atomic E-state index is 0.0760. The number of halogens is 2. The number of benzene rings is 2. The van der Waals surface area contributed by atoms with Crippen LogP contribution in [0.1, 0.15) is 55.0 Å². The second-order valence-corrected chi connectivity index (χ2v) is 6.91. The van der Waals surface area contributed by atoms with Gasteiger partial charge in [0.2, 0.25) is 5.89 Å². The average molecular weight is 399 g/mol. The topological polar surface area (TPSA) is 52.3 Å². The van der Waals surface area contributed by atoms with Gasteiger partial charge in [-0.25, -0.2) is 13.8 Å². The zero-order valence-corrected chi connectivity index (χ0v) is 16.3. The molecule has 0 fully saturated rings. The first kappa shape index (κ1) is 20.7. The van der Waals surface area contributed by atoms with Crippen molar-refractivity contribution in [2.75, 3.05) is 6.61 Å². The SMILES string of the molecule is CCOC(=O)C(CC(c1ccc(F)cc1)C(C)c1ccc(F)cc1)c1ncco1. The summed E-state index contributed by atoms with van der Waals surface area (Å²) in [4.78, 5) is 16.8. The van der Waals surface area contributed by atoms with Gasteiger partial charge in [0.15, 0.2) is 0 Å². The van der Waals surface area contributed by atoms with E-state index < -0.39 is 11.9 Å². The molecule has 3 rings (SSSR count). The summed E-state index contributed by atoms with van der Waals surface area (Å²) >= 11 is 0. The molecule has 152 valence electrons. The number of nitrogens with zero attached hydrogens (tertiary/aromatic N) is 1. The van der Waals surface area contributed by atoms with Crippen LogP contribution >= 0.6 is 0 Å². The number of hydrogen-bond donors (Lipinski definition) is 0. The van der Waals surface area contributed by atoms with Gasteiger partial charge in [-0.1, -0.05) is 31.2 Å². The number of ether oxygens (including phenoxy) is 1. The van der Waals surface area contributed by atoms with Crippen LogP contribution in [-0.4, -0.2) is 17.6 Å². The standard InChI is InChI=1S/C23H23F2NO3/c1-3-28-23(27)21(22-26-12-13-29-22)14-20(17-6-10-19(25)11-7-17)15(2)16-4-8-18(24)9-5-16/h4-13,15,20-21H,3,14H2,1-2H3. The maximum atomic E-state index is 13.5. The number of carbonyl (C=O) groups excluding carboxylic acids is 1. The summed E-state index contributed by atoms with van der Waals surface area (Å²) in [7, 11) is 0. The minimum atomic E-state index is -0.706. The van der Waals surface area contributed by atoms with E-state index in [0.29, 0.717) is 6.42 Å². The van der Waals surface area contributed by atoms with E-state index in [0.717, 1.165) is 11.1 Å². The summed E-state index contributed by atoms with van der Waals surface area (Å²) in [6, 6.07) is 12.5. The Kier molecular flexibility index (Phi) is 6.75. The molecule has 0 saturated carbocycles. The van der Waals surface area contributed by atoms with Crippen LogP contribution in [0.5, 0.6) is 0 Å². The Balaban J connectivity index is 1.97. The van der Waals surface area contributed by atoms with E-state index in [-0.39, 0.29) is 36.0 Å². The number of aromatic nitrogens is 1. The average Bonchev–Trinajstić information content (AvgIpc) is 3.24. The lowest BCUT2D eigenvalue weighted by atomic mass is 9.77. The van der Waals surface area contributed by atoms with Crippen LogP contribution in [0.15, 0.2) is 65.4 Å². The van der Waals surface area contributed by atoms with E-state index in [1.54, 1.807) is 31.2 Å². The van der Waals surface area contributed by atoms with Gasteiger partial charge >= 0.3 is 5.97 Å². The first-order valence-electron chi connectivity index (χ1n) is 9.56. The Labute approximate surface area is 168 Å². The van der Waals surface area contributed by atoms with Gasteiger partial charge in [0.25, 0.3) is 0 Å². The van der Waals surface area contributed by atoms with Crippen molar-refractivity contribution in [1.29, 1.82) is 0 Å². The van der Waals surface area contributed by atoms with E-state index in [9.17, 15) is 13.6 Å². The Morgan fingerprint density at radius 3 is 2.14 bits per heavy atom. The van der Waals surface area contributed by atoms with E-state index >= 15 is 0 Å². The van der Waals surface area contributed by atoms with E-state index in [4.69, 9.17) is 9.15 Å². The summed E-state index contributed by atoms with van der Waals surface area (Å²) in [6.07, 6.45) is 3.25. The molecule has 0 bridgehead atoms. The van der Waals surface area contributed by atoms with Crippen LogP contribution in [0.2, 0.25) is 0 Å². The van der Waals surface area contributed by atoms with Crippen LogP contribution in [0.4, 0.5) is 8.78 Å². The fraction of sp³-hybridized carbons (Fsp3) is 0.304. The normalized spacial score (nSPS) is 14.2. The molecule has 1 aromatic heterocycles. The Bertz CT molecular complexity index is 908. The van der Waals surface area contributed by atoms with Crippen LogP contribution in [0, 0.1) is 11.6 Å². The van der Waals surface area contributed by atoms with Crippen LogP contribution in [0.3, 0.4) is 0 Å². The van der Waals surface area contributed by atoms with Gasteiger partial charge in [0.05, 0.1) is 12.8 Å². The van der Waals surface area contributed by atoms with Gasteiger partial charge in [-0.05, 0) is 60.6 Å². The third-order valence-corrected chi connectivity index (χ3v) is 5.11. The third-order valence-electron chi connectivity index (χ3n) is 5.11. The molecular formula is C23H23F2NO3. The van der Waals surface area contributed by atoms with Crippen molar-refractivity contribution in [2.24, 2.45) is 0 Å². The maximum Gasteiger partial charge on any atom is 0.318 e. The molecule has 3 unspecified atom stereocenters. The molecule has 3 aromatic rings. The number of esters is 1. The number of hydrogen-bond acceptors (Lipinski definition) is 4. The fourth-order valence-corrected chi connectivity index (χ4v) is 3.54. The quantitative estimate of drug-likeness (QED) is 0.464. The molecule has 0 spiro atoms. The first-order valence-corrected chi connectivity index (χ1v) is 9.56. The van der Waals surface area contributed by atoms with Gasteiger partial charge in [-0.3, -0.25) is 4.79 Å². The monoisotopic (exact) mass is 399 g/mol. The van der Waals surface area contributed by atoms with Gasteiger partial charge in [0.1, 0.15) is 23.8 Å². The highest BCUT2D eigenvalue weighted by atomic mass is 19.1. The Morgan fingerprint density at radius 1 is 1.03 bits per heavy atom. The zero-order valence-electron chi connectivity index (χ0n) is 16.3. The second-order valence-electron chi connectivity index (χ2n) is 6.91. The molecular weight excluding hydrogens is 376 g/mol. The predicted octanol–water partition coefficient (Wildman–Crippen LogP) is 5.58. The van der Waals surface area contributed by atoms with E-state index in [1.807, 2.05) is 6.92 Å². The van der Waals surface area contributed by atoms with Gasteiger partial charge in [0, 0.05) is 0 Å². The predicted molar refractivity (Wildman–Crippen MR) is 104 cm³/mol. The summed E-state index contributed by atoms with van der Waals surface area (Å²) in [5.74, 6) is -1.76. The molecule has 0 N–H and O–H groups in total. The van der Waals surface area contributed by atoms with E-state index in [2.05, 4.69) is 4.98 Å². The van der Waals surface area contributed by atoms with Gasteiger partial charge in [-0.2, -0.15) is 0 Å². The number of carbonyl (C=O) groups is 1. The fourth-order valence-electron chi connectivity index (χ4n) is 3.54. The molecule has 6 heteroatoms. The zero-order chi connectivity index (χ0) is 20.8. The van der Waals surface area contributed by atoms with Crippen molar-refractivity contribution in [1.82, 2.24) is 4.98 Å². The number of rotatable bonds is 8. The lowest BCUT2D eigenvalue weighted by Crippen LogP contribution is -2.21. The number of oxazole rings is 1. The molecule has 0 amide bonds. The van der Waals surface area contributed by atoms with E-state index in [1.165, 1.54) is 36.7 Å². The molecule has 29 heavy (non-hydrogen) atoms. The molecule has 0 saturated heterocycles. The molecule has 0 aliphatic rings. The molecule has 2 aromatic carbocycles. The van der Waals surface area contributed by atoms with Crippen molar-refractivity contribution in [2.45, 2.75) is 38.0 Å². The third kappa shape index (κ3) is 5.08. The summed E-state index contributed by atoms with van der Waals surface area (Å²) in [6.45, 7) is 3.98. The maximum absolute atomic E-state index is 13.5. The molecule has 1 heterocycles. The van der Waals surface area contributed by atoms with Gasteiger partial charge < -0.3 is 9.15 Å². The summed E-state index contributed by atoms with van der Waals surface area (Å²) in [5, 5.41) is 0. The highest BCUT2D eigenvalue weighted by Crippen LogP contribution is 2.40. The lowest BCUT2D eigenvalue weighted by Gasteiger charge is -2.27. The molecule has 3 atom stereocenters. The largest absolute Gasteiger partial charge is 0.465 e. The second kappa shape index (κ2) is 9.45. The van der Waals surface area contributed by atoms with Crippen molar-refractivity contribution >= 4 is 5.97 Å². The molecule has 4 nitrogen and oxygen atoms in total. The molecule has 0 aliphatic carbocycles. The van der Waals surface area contributed by atoms with Crippen molar-refractivity contribution in [3.63, 3.8) is 0 Å². The highest BCUT2D eigenvalue weighted by molar-refractivity contribution is 5.77. The summed E-state index contributed by atoms with van der Waals surface area (Å²) < 4.78 is 37.5. The van der Waals surface area contributed by atoms with Crippen LogP contribution in [0.25, 0.3) is 0 Å². The van der Waals surface area contributed by atoms with Crippen molar-refractivity contribution in [3.05, 3.63) is 89.6 Å². The lowest BCUT2D eigenvalue weighted by molar-refractivity contribution is -0.145. The summed E-state index contributed by atoms with van der Waals surface area (Å²) in [5.41, 5.74) is 1.78. The highest BCUT2D eigenvalue weighted by Gasteiger charge is 2.33. The smallest absolute Gasteiger partial charge is 0.318 e. The Morgan fingerprint density at radius 2 is 1.62 bits per heavy atom. The van der Waals surface area contributed by atoms with Crippen molar-refractivity contribution < 1.29 is 22.7 Å². The van der Waals surface area contributed by atoms with Crippen LogP contribution < -0.4 is 0 Å². The van der Waals surface area contributed by atoms with Gasteiger partial charge in [-0.15, -0.1) is 0 Å². The van der Waals surface area contributed by atoms with Crippen molar-refractivity contribution in [3.8, 4) is 0 Å². The molecule has 0 aliphatic heterocycles. The first-order chi connectivity index (χ1) is 14.0. The molecule has 0 radical (unpaired) electrons. The minimum Gasteiger partial charge on any atom is -0.465 e. The Hall–Kier alpha value is -3.02.